The maximum absolute atomic E-state index is 12.4. The molecule has 2 aliphatic rings. The molecule has 2 fully saturated rings. The Labute approximate surface area is 119 Å². The lowest BCUT2D eigenvalue weighted by Gasteiger charge is -2.35. The van der Waals surface area contributed by atoms with Crippen LogP contribution in [0.1, 0.15) is 23.2 Å². The van der Waals surface area contributed by atoms with Crippen molar-refractivity contribution in [2.24, 2.45) is 5.92 Å². The van der Waals surface area contributed by atoms with Gasteiger partial charge in [0.05, 0.1) is 10.6 Å². The van der Waals surface area contributed by atoms with Crippen molar-refractivity contribution in [1.29, 1.82) is 0 Å². The molecule has 0 radical (unpaired) electrons. The van der Waals surface area contributed by atoms with E-state index in [4.69, 9.17) is 11.6 Å². The topological polar surface area (TPSA) is 23.6 Å². The number of carbonyl (C=O) groups is 1. The highest BCUT2D eigenvalue weighted by atomic mass is 35.5. The molecule has 19 heavy (non-hydrogen) atoms. The molecular formula is C15H19ClN2O. The number of rotatable bonds is 3. The number of benzene rings is 1. The number of piperazine rings is 1. The molecule has 1 heterocycles. The molecule has 1 aliphatic heterocycles. The Morgan fingerprint density at radius 3 is 2.47 bits per heavy atom. The van der Waals surface area contributed by atoms with E-state index in [1.807, 2.05) is 17.0 Å². The summed E-state index contributed by atoms with van der Waals surface area (Å²) in [6.07, 6.45) is 2.78. The Morgan fingerprint density at radius 2 is 1.84 bits per heavy atom. The number of nitrogens with zero attached hydrogens (tertiary/aromatic N) is 2. The molecule has 4 heteroatoms. The van der Waals surface area contributed by atoms with Crippen LogP contribution in [-0.2, 0) is 0 Å². The molecule has 102 valence electrons. The highest BCUT2D eigenvalue weighted by Gasteiger charge is 2.28. The van der Waals surface area contributed by atoms with Crippen LogP contribution in [0.4, 0.5) is 0 Å². The standard InChI is InChI=1S/C15H19ClN2O/c16-14-4-2-1-3-13(14)15(19)18-9-7-17(8-10-18)11-12-5-6-12/h1-4,12H,5-11H2. The number of carbonyl (C=O) groups excluding carboxylic acids is 1. The monoisotopic (exact) mass is 278 g/mol. The van der Waals surface area contributed by atoms with Gasteiger partial charge in [0.25, 0.3) is 5.91 Å². The normalized spacial score (nSPS) is 20.6. The molecule has 1 aliphatic carbocycles. The van der Waals surface area contributed by atoms with Gasteiger partial charge in [0.2, 0.25) is 0 Å². The summed E-state index contributed by atoms with van der Waals surface area (Å²) in [5, 5.41) is 0.549. The first kappa shape index (κ1) is 12.9. The smallest absolute Gasteiger partial charge is 0.255 e. The summed E-state index contributed by atoms with van der Waals surface area (Å²) in [6.45, 7) is 4.83. The van der Waals surface area contributed by atoms with E-state index in [0.717, 1.165) is 32.1 Å². The molecule has 0 spiro atoms. The van der Waals surface area contributed by atoms with E-state index in [9.17, 15) is 4.79 Å². The van der Waals surface area contributed by atoms with Gasteiger partial charge >= 0.3 is 0 Å². The second-order valence-electron chi connectivity index (χ2n) is 5.52. The van der Waals surface area contributed by atoms with Crippen LogP contribution in [-0.4, -0.2) is 48.4 Å². The van der Waals surface area contributed by atoms with Crippen molar-refractivity contribution in [1.82, 2.24) is 9.80 Å². The molecule has 0 aromatic heterocycles. The van der Waals surface area contributed by atoms with E-state index in [0.29, 0.717) is 10.6 Å². The molecule has 1 amide bonds. The summed E-state index contributed by atoms with van der Waals surface area (Å²) in [5.74, 6) is 0.988. The van der Waals surface area contributed by atoms with Gasteiger partial charge in [-0.1, -0.05) is 23.7 Å². The molecule has 3 rings (SSSR count). The fourth-order valence-electron chi connectivity index (χ4n) is 2.60. The number of amides is 1. The lowest BCUT2D eigenvalue weighted by atomic mass is 10.1. The first-order valence-electron chi connectivity index (χ1n) is 7.00. The summed E-state index contributed by atoms with van der Waals surface area (Å²) in [6, 6.07) is 7.30. The van der Waals surface area contributed by atoms with Gasteiger partial charge < -0.3 is 4.90 Å². The van der Waals surface area contributed by atoms with Crippen LogP contribution in [0, 0.1) is 5.92 Å². The van der Waals surface area contributed by atoms with Gasteiger partial charge in [-0.2, -0.15) is 0 Å². The summed E-state index contributed by atoms with van der Waals surface area (Å²) in [5.41, 5.74) is 0.625. The van der Waals surface area contributed by atoms with E-state index < -0.39 is 0 Å². The fraction of sp³-hybridized carbons (Fsp3) is 0.533. The SMILES string of the molecule is O=C(c1ccccc1Cl)N1CCN(CC2CC2)CC1. The van der Waals surface area contributed by atoms with Gasteiger partial charge in [-0.05, 0) is 30.9 Å². The van der Waals surface area contributed by atoms with Crippen LogP contribution >= 0.6 is 11.6 Å². The third kappa shape index (κ3) is 3.10. The van der Waals surface area contributed by atoms with E-state index in [1.165, 1.54) is 19.4 Å². The molecule has 0 atom stereocenters. The van der Waals surface area contributed by atoms with E-state index >= 15 is 0 Å². The van der Waals surface area contributed by atoms with Crippen LogP contribution in [0.5, 0.6) is 0 Å². The van der Waals surface area contributed by atoms with Gasteiger partial charge in [-0.3, -0.25) is 9.69 Å². The zero-order chi connectivity index (χ0) is 13.2. The van der Waals surface area contributed by atoms with Gasteiger partial charge in [-0.25, -0.2) is 0 Å². The Morgan fingerprint density at radius 1 is 1.16 bits per heavy atom. The van der Waals surface area contributed by atoms with Crippen LogP contribution < -0.4 is 0 Å². The highest BCUT2D eigenvalue weighted by molar-refractivity contribution is 6.33. The molecule has 3 nitrogen and oxygen atoms in total. The molecule has 0 N–H and O–H groups in total. The average Bonchev–Trinajstić information content (AvgIpc) is 3.23. The second kappa shape index (κ2) is 5.51. The van der Waals surface area contributed by atoms with Crippen molar-refractivity contribution in [2.75, 3.05) is 32.7 Å². The van der Waals surface area contributed by atoms with Crippen molar-refractivity contribution >= 4 is 17.5 Å². The molecule has 1 aromatic carbocycles. The predicted molar refractivity (Wildman–Crippen MR) is 76.5 cm³/mol. The van der Waals surface area contributed by atoms with Crippen LogP contribution in [0.25, 0.3) is 0 Å². The van der Waals surface area contributed by atoms with Crippen molar-refractivity contribution in [3.63, 3.8) is 0 Å². The largest absolute Gasteiger partial charge is 0.336 e. The van der Waals surface area contributed by atoms with Gasteiger partial charge in [0, 0.05) is 32.7 Å². The molecule has 1 aromatic rings. The van der Waals surface area contributed by atoms with Crippen molar-refractivity contribution in [3.05, 3.63) is 34.9 Å². The first-order chi connectivity index (χ1) is 9.24. The van der Waals surface area contributed by atoms with E-state index in [2.05, 4.69) is 4.90 Å². The summed E-state index contributed by atoms with van der Waals surface area (Å²) in [7, 11) is 0. The quantitative estimate of drug-likeness (QED) is 0.848. The third-order valence-corrected chi connectivity index (χ3v) is 4.31. The molecule has 1 saturated carbocycles. The summed E-state index contributed by atoms with van der Waals surface area (Å²) >= 11 is 6.09. The Balaban J connectivity index is 1.58. The Hall–Kier alpha value is -1.06. The average molecular weight is 279 g/mol. The molecule has 0 unspecified atom stereocenters. The number of hydrogen-bond donors (Lipinski definition) is 0. The summed E-state index contributed by atoms with van der Waals surface area (Å²) in [4.78, 5) is 16.8. The Bertz CT molecular complexity index is 465. The molecular weight excluding hydrogens is 260 g/mol. The van der Waals surface area contributed by atoms with Gasteiger partial charge in [-0.15, -0.1) is 0 Å². The van der Waals surface area contributed by atoms with Crippen molar-refractivity contribution in [2.45, 2.75) is 12.8 Å². The van der Waals surface area contributed by atoms with Crippen LogP contribution in [0.15, 0.2) is 24.3 Å². The maximum atomic E-state index is 12.4. The molecule has 1 saturated heterocycles. The Kier molecular flexibility index (Phi) is 3.76. The zero-order valence-electron chi connectivity index (χ0n) is 11.0. The van der Waals surface area contributed by atoms with E-state index in [1.54, 1.807) is 12.1 Å². The van der Waals surface area contributed by atoms with Gasteiger partial charge in [0.1, 0.15) is 0 Å². The van der Waals surface area contributed by atoms with E-state index in [-0.39, 0.29) is 5.91 Å². The van der Waals surface area contributed by atoms with Crippen LogP contribution in [0.3, 0.4) is 0 Å². The lowest BCUT2D eigenvalue weighted by Crippen LogP contribution is -2.49. The van der Waals surface area contributed by atoms with Gasteiger partial charge in [0.15, 0.2) is 0 Å². The maximum Gasteiger partial charge on any atom is 0.255 e. The predicted octanol–water partition coefficient (Wildman–Crippen LogP) is 2.51. The van der Waals surface area contributed by atoms with Crippen molar-refractivity contribution < 1.29 is 4.79 Å². The third-order valence-electron chi connectivity index (χ3n) is 3.98. The molecule has 0 bridgehead atoms. The minimum absolute atomic E-state index is 0.0664. The van der Waals surface area contributed by atoms with Crippen molar-refractivity contribution in [3.8, 4) is 0 Å². The second-order valence-corrected chi connectivity index (χ2v) is 5.92. The first-order valence-corrected chi connectivity index (χ1v) is 7.38. The highest BCUT2D eigenvalue weighted by Crippen LogP contribution is 2.30. The summed E-state index contributed by atoms with van der Waals surface area (Å²) < 4.78 is 0. The minimum Gasteiger partial charge on any atom is -0.336 e. The fourth-order valence-corrected chi connectivity index (χ4v) is 2.82. The zero-order valence-corrected chi connectivity index (χ0v) is 11.8. The lowest BCUT2D eigenvalue weighted by molar-refractivity contribution is 0.0632. The number of halogens is 1. The minimum atomic E-state index is 0.0664. The van der Waals surface area contributed by atoms with Crippen LogP contribution in [0.2, 0.25) is 5.02 Å². The number of hydrogen-bond acceptors (Lipinski definition) is 2.